The minimum absolute atomic E-state index is 0.0857. The lowest BCUT2D eigenvalue weighted by atomic mass is 10.00. The number of carbonyl (C=O) groups excluding carboxylic acids is 4. The van der Waals surface area contributed by atoms with Gasteiger partial charge in [0.05, 0.1) is 46.5 Å². The molecule has 2 atom stereocenters. The smallest absolute Gasteiger partial charge is 0.314 e. The Hall–Kier alpha value is -3.04. The van der Waals surface area contributed by atoms with Crippen molar-refractivity contribution in [3.63, 3.8) is 0 Å². The van der Waals surface area contributed by atoms with Gasteiger partial charge in [-0.3, -0.25) is 19.2 Å². The van der Waals surface area contributed by atoms with Gasteiger partial charge in [-0.05, 0) is 25.7 Å². The second kappa shape index (κ2) is 18.1. The number of rotatable bonds is 14. The maximum atomic E-state index is 13.7. The summed E-state index contributed by atoms with van der Waals surface area (Å²) in [5.74, 6) is -2.13. The van der Waals surface area contributed by atoms with E-state index in [1.54, 1.807) is 28.2 Å². The SMILES string of the molecule is [C-]#[N+]C(C(=O)N(C)C)=C1Sc2c(OC(=O)C(CC)CCCC)c3c(c(OC(=O)C(CC)CCCC)c2S1)SC(=C(C#N)C(=O)N(C)C)S3. The zero-order chi connectivity index (χ0) is 35.7. The van der Waals surface area contributed by atoms with E-state index in [2.05, 4.69) is 18.7 Å². The molecule has 0 radical (unpaired) electrons. The number of hydrogen-bond donors (Lipinski definition) is 0. The summed E-state index contributed by atoms with van der Waals surface area (Å²) >= 11 is 4.46. The topological polar surface area (TPSA) is 121 Å². The zero-order valence-corrected chi connectivity index (χ0v) is 31.9. The molecule has 258 valence electrons. The van der Waals surface area contributed by atoms with Crippen LogP contribution in [0.15, 0.2) is 39.3 Å². The van der Waals surface area contributed by atoms with Crippen LogP contribution in [0.1, 0.15) is 79.1 Å². The molecule has 1 aromatic carbocycles. The monoisotopic (exact) mass is 730 g/mol. The number of amides is 2. The lowest BCUT2D eigenvalue weighted by Gasteiger charge is -2.20. The molecule has 0 N–H and O–H groups in total. The van der Waals surface area contributed by atoms with Crippen LogP contribution in [0.25, 0.3) is 4.85 Å². The summed E-state index contributed by atoms with van der Waals surface area (Å²) in [4.78, 5) is 61.4. The average Bonchev–Trinajstić information content (AvgIpc) is 3.69. The van der Waals surface area contributed by atoms with Crippen molar-refractivity contribution in [3.05, 3.63) is 31.2 Å². The highest BCUT2D eigenvalue weighted by Gasteiger charge is 2.41. The number of benzene rings is 1. The maximum absolute atomic E-state index is 13.7. The molecule has 3 rings (SSSR count). The number of unbranched alkanes of at least 4 members (excludes halogenated alkanes) is 2. The van der Waals surface area contributed by atoms with E-state index in [-0.39, 0.29) is 34.6 Å². The first kappa shape index (κ1) is 39.4. The van der Waals surface area contributed by atoms with Crippen LogP contribution >= 0.6 is 47.0 Å². The maximum Gasteiger partial charge on any atom is 0.314 e. The third-order valence-corrected chi connectivity index (χ3v) is 12.9. The summed E-state index contributed by atoms with van der Waals surface area (Å²) in [6, 6.07) is 2.03. The van der Waals surface area contributed by atoms with Crippen molar-refractivity contribution in [2.24, 2.45) is 11.8 Å². The van der Waals surface area contributed by atoms with E-state index in [4.69, 9.17) is 16.0 Å². The van der Waals surface area contributed by atoms with E-state index in [9.17, 15) is 24.4 Å². The summed E-state index contributed by atoms with van der Waals surface area (Å²) in [5.41, 5.74) is -0.189. The molecule has 0 fully saturated rings. The Morgan fingerprint density at radius 3 is 1.44 bits per heavy atom. The number of likely N-dealkylation sites (N-methyl/N-ethyl adjacent to an activating group) is 2. The number of carbonyl (C=O) groups is 4. The van der Waals surface area contributed by atoms with Crippen molar-refractivity contribution >= 4 is 70.8 Å². The van der Waals surface area contributed by atoms with E-state index in [1.165, 1.54) is 9.80 Å². The van der Waals surface area contributed by atoms with Crippen LogP contribution in [0, 0.1) is 29.7 Å². The summed E-state index contributed by atoms with van der Waals surface area (Å²) in [5, 5.41) is 10.0. The van der Waals surface area contributed by atoms with E-state index in [0.717, 1.165) is 72.7 Å². The molecular weight excluding hydrogens is 689 g/mol. The van der Waals surface area contributed by atoms with Crippen LogP contribution in [0.2, 0.25) is 0 Å². The van der Waals surface area contributed by atoms with Crippen LogP contribution in [0.4, 0.5) is 0 Å². The molecule has 0 saturated heterocycles. The second-order valence-corrected chi connectivity index (χ2v) is 16.2. The van der Waals surface area contributed by atoms with E-state index >= 15 is 0 Å². The van der Waals surface area contributed by atoms with Gasteiger partial charge in [0.2, 0.25) is 0 Å². The van der Waals surface area contributed by atoms with E-state index in [0.29, 0.717) is 53.7 Å². The Labute approximate surface area is 300 Å². The largest absolute Gasteiger partial charge is 0.424 e. The van der Waals surface area contributed by atoms with Gasteiger partial charge in [0, 0.05) is 28.2 Å². The standard InChI is InChI=1S/C34H42N4O6S4/c1-10-14-16-19(12-3)31(41)43-23-25-26(46-33(45-25)21(18-35)29(39)37(6)7)24(44-32(42)20(13-4)17-15-11-2)28-27(23)47-34(48-28)22(36-5)30(40)38(8)9/h19-20H,10-17H2,1-4,6-9H3. The number of nitriles is 1. The molecule has 0 spiro atoms. The number of esters is 2. The number of thioether (sulfide) groups is 4. The molecule has 2 aliphatic rings. The van der Waals surface area contributed by atoms with Gasteiger partial charge in [0.25, 0.3) is 17.5 Å². The molecule has 0 bridgehead atoms. The predicted octanol–water partition coefficient (Wildman–Crippen LogP) is 8.33. The third kappa shape index (κ3) is 8.75. The van der Waals surface area contributed by atoms with Gasteiger partial charge in [-0.1, -0.05) is 100 Å². The van der Waals surface area contributed by atoms with Crippen LogP contribution in [-0.2, 0) is 19.2 Å². The van der Waals surface area contributed by atoms with Crippen molar-refractivity contribution in [2.45, 2.75) is 98.6 Å². The highest BCUT2D eigenvalue weighted by atomic mass is 32.2. The van der Waals surface area contributed by atoms with Crippen LogP contribution in [-0.4, -0.2) is 61.7 Å². The molecule has 0 aromatic heterocycles. The van der Waals surface area contributed by atoms with Gasteiger partial charge >= 0.3 is 11.9 Å². The Balaban J connectivity index is 2.35. The highest BCUT2D eigenvalue weighted by Crippen LogP contribution is 2.68. The fourth-order valence-corrected chi connectivity index (χ4v) is 10.1. The van der Waals surface area contributed by atoms with E-state index in [1.807, 2.05) is 19.9 Å². The van der Waals surface area contributed by atoms with Gasteiger partial charge in [0.1, 0.15) is 11.6 Å². The summed E-state index contributed by atoms with van der Waals surface area (Å²) in [6.45, 7) is 15.8. The molecule has 0 aliphatic carbocycles. The minimum atomic E-state index is -0.487. The fourth-order valence-electron chi connectivity index (χ4n) is 4.83. The molecule has 10 nitrogen and oxygen atoms in total. The van der Waals surface area contributed by atoms with Crippen LogP contribution < -0.4 is 9.47 Å². The zero-order valence-electron chi connectivity index (χ0n) is 28.7. The molecule has 2 amide bonds. The van der Waals surface area contributed by atoms with Crippen LogP contribution in [0.3, 0.4) is 0 Å². The van der Waals surface area contributed by atoms with Gasteiger partial charge in [-0.15, -0.1) is 0 Å². The molecule has 48 heavy (non-hydrogen) atoms. The van der Waals surface area contributed by atoms with E-state index < -0.39 is 23.8 Å². The number of ether oxygens (including phenoxy) is 2. The highest BCUT2D eigenvalue weighted by molar-refractivity contribution is 8.26. The van der Waals surface area contributed by atoms with Gasteiger partial charge < -0.3 is 19.3 Å². The quantitative estimate of drug-likeness (QED) is 0.0604. The Morgan fingerprint density at radius 2 is 1.12 bits per heavy atom. The van der Waals surface area contributed by atoms with Crippen molar-refractivity contribution in [1.29, 1.82) is 5.26 Å². The molecule has 1 aromatic rings. The lowest BCUT2D eigenvalue weighted by Crippen LogP contribution is -2.23. The Morgan fingerprint density at radius 1 is 0.729 bits per heavy atom. The van der Waals surface area contributed by atoms with Crippen molar-refractivity contribution in [3.8, 4) is 17.6 Å². The fraction of sp³-hybridized carbons (Fsp3) is 0.529. The molecule has 0 saturated carbocycles. The second-order valence-electron chi connectivity index (χ2n) is 11.6. The Kier molecular flexibility index (Phi) is 14.9. The molecule has 2 aliphatic heterocycles. The van der Waals surface area contributed by atoms with Crippen molar-refractivity contribution in [1.82, 2.24) is 9.80 Å². The van der Waals surface area contributed by atoms with Crippen LogP contribution in [0.5, 0.6) is 11.5 Å². The predicted molar refractivity (Wildman–Crippen MR) is 191 cm³/mol. The van der Waals surface area contributed by atoms with Gasteiger partial charge in [-0.2, -0.15) is 5.26 Å². The lowest BCUT2D eigenvalue weighted by molar-refractivity contribution is -0.141. The molecule has 2 unspecified atom stereocenters. The third-order valence-electron chi connectivity index (χ3n) is 7.74. The summed E-state index contributed by atoms with van der Waals surface area (Å²) < 4.78 is 13.2. The summed E-state index contributed by atoms with van der Waals surface area (Å²) in [6.07, 6.45) is 5.99. The first-order valence-electron chi connectivity index (χ1n) is 16.0. The van der Waals surface area contributed by atoms with Gasteiger partial charge in [0.15, 0.2) is 11.5 Å². The van der Waals surface area contributed by atoms with Crippen molar-refractivity contribution < 1.29 is 28.7 Å². The van der Waals surface area contributed by atoms with Gasteiger partial charge in [-0.25, -0.2) is 4.85 Å². The van der Waals surface area contributed by atoms with Crippen molar-refractivity contribution in [2.75, 3.05) is 28.2 Å². The average molecular weight is 731 g/mol. The minimum Gasteiger partial charge on any atom is -0.424 e. The number of fused-ring (bicyclic) bond motifs is 2. The number of nitrogens with zero attached hydrogens (tertiary/aromatic N) is 4. The number of hydrogen-bond acceptors (Lipinski definition) is 11. The Bertz CT molecular complexity index is 1450. The molecular formula is C34H42N4O6S4. The molecule has 2 heterocycles. The molecule has 14 heteroatoms. The first-order valence-corrected chi connectivity index (χ1v) is 19.2. The first-order chi connectivity index (χ1) is 22.9. The normalized spacial score (nSPS) is 14.2. The summed E-state index contributed by atoms with van der Waals surface area (Å²) in [7, 11) is 6.23.